The van der Waals surface area contributed by atoms with Crippen molar-refractivity contribution in [1.82, 2.24) is 0 Å². The molecule has 0 saturated heterocycles. The molecule has 0 bridgehead atoms. The van der Waals surface area contributed by atoms with Crippen LogP contribution in [0.4, 0.5) is 5.69 Å². The Kier molecular flexibility index (Phi) is 4.16. The van der Waals surface area contributed by atoms with Crippen LogP contribution in [0.15, 0.2) is 24.3 Å². The zero-order valence-corrected chi connectivity index (χ0v) is 10.9. The molecule has 0 radical (unpaired) electrons. The summed E-state index contributed by atoms with van der Waals surface area (Å²) in [5.74, 6) is 0.0197. The molecule has 5 nitrogen and oxygen atoms in total. The second-order valence-corrected chi connectivity index (χ2v) is 4.82. The highest BCUT2D eigenvalue weighted by molar-refractivity contribution is 5.93. The number of nitrogens with one attached hydrogen (secondary N) is 1. The lowest BCUT2D eigenvalue weighted by Gasteiger charge is -2.10. The van der Waals surface area contributed by atoms with Gasteiger partial charge in [0, 0.05) is 18.2 Å². The molecule has 1 saturated carbocycles. The Labute approximate surface area is 112 Å². The lowest BCUT2D eigenvalue weighted by Crippen LogP contribution is -2.28. The van der Waals surface area contributed by atoms with Gasteiger partial charge in [0.25, 0.3) is 0 Å². The number of methoxy groups -OCH3 is 1. The molecule has 0 aromatic heterocycles. The summed E-state index contributed by atoms with van der Waals surface area (Å²) in [4.78, 5) is 23.0. The summed E-state index contributed by atoms with van der Waals surface area (Å²) < 4.78 is 4.60. The number of amides is 1. The van der Waals surface area contributed by atoms with E-state index in [1.54, 1.807) is 24.3 Å². The largest absolute Gasteiger partial charge is 0.465 e. The van der Waals surface area contributed by atoms with Gasteiger partial charge in [0.05, 0.1) is 12.7 Å². The fourth-order valence-electron chi connectivity index (χ4n) is 1.92. The minimum absolute atomic E-state index is 0.0469. The third kappa shape index (κ3) is 3.79. The maximum absolute atomic E-state index is 11.7. The third-order valence-corrected chi connectivity index (χ3v) is 3.24. The van der Waals surface area contributed by atoms with Crippen molar-refractivity contribution in [2.45, 2.75) is 25.3 Å². The highest BCUT2D eigenvalue weighted by Gasteiger charge is 2.29. The zero-order chi connectivity index (χ0) is 13.8. The first-order chi connectivity index (χ1) is 9.10. The summed E-state index contributed by atoms with van der Waals surface area (Å²) in [5, 5.41) is 2.77. The number of carbonyl (C=O) groups is 2. The first kappa shape index (κ1) is 13.5. The molecule has 1 fully saturated rings. The summed E-state index contributed by atoms with van der Waals surface area (Å²) in [6, 6.07) is 6.53. The average Bonchev–Trinajstić information content (AvgIpc) is 3.22. The molecule has 1 aliphatic carbocycles. The van der Waals surface area contributed by atoms with Crippen molar-refractivity contribution >= 4 is 17.6 Å². The van der Waals surface area contributed by atoms with E-state index in [4.69, 9.17) is 5.73 Å². The van der Waals surface area contributed by atoms with E-state index in [-0.39, 0.29) is 11.9 Å². The minimum Gasteiger partial charge on any atom is -0.465 e. The Morgan fingerprint density at radius 3 is 2.53 bits per heavy atom. The van der Waals surface area contributed by atoms with Crippen LogP contribution in [0.5, 0.6) is 0 Å². The van der Waals surface area contributed by atoms with Gasteiger partial charge in [0.15, 0.2) is 0 Å². The predicted molar refractivity (Wildman–Crippen MR) is 71.7 cm³/mol. The number of nitrogens with two attached hydrogens (primary N) is 1. The summed E-state index contributed by atoms with van der Waals surface area (Å²) in [6.45, 7) is 0. The number of hydrogen-bond acceptors (Lipinski definition) is 4. The molecule has 19 heavy (non-hydrogen) atoms. The molecule has 1 unspecified atom stereocenters. The number of anilines is 1. The lowest BCUT2D eigenvalue weighted by molar-refractivity contribution is -0.116. The number of benzene rings is 1. The Hall–Kier alpha value is -1.88. The predicted octanol–water partition coefficient (Wildman–Crippen LogP) is 1.54. The van der Waals surface area contributed by atoms with Crippen molar-refractivity contribution in [1.29, 1.82) is 0 Å². The Morgan fingerprint density at radius 1 is 1.37 bits per heavy atom. The van der Waals surface area contributed by atoms with E-state index in [1.165, 1.54) is 7.11 Å². The quantitative estimate of drug-likeness (QED) is 0.789. The molecular formula is C14H18N2O3. The van der Waals surface area contributed by atoms with E-state index in [9.17, 15) is 9.59 Å². The fraction of sp³-hybridized carbons (Fsp3) is 0.429. The van der Waals surface area contributed by atoms with Crippen LogP contribution in [-0.2, 0) is 9.53 Å². The van der Waals surface area contributed by atoms with Gasteiger partial charge in [-0.05, 0) is 43.0 Å². The van der Waals surface area contributed by atoms with E-state index >= 15 is 0 Å². The van der Waals surface area contributed by atoms with Crippen LogP contribution in [0.1, 0.15) is 29.6 Å². The summed E-state index contributed by atoms with van der Waals surface area (Å²) in [7, 11) is 1.33. The Bertz CT molecular complexity index is 466. The van der Waals surface area contributed by atoms with Crippen LogP contribution in [0.2, 0.25) is 0 Å². The van der Waals surface area contributed by atoms with Gasteiger partial charge >= 0.3 is 5.97 Å². The SMILES string of the molecule is COC(=O)c1ccc(NC(=O)CC(N)C2CC2)cc1. The minimum atomic E-state index is -0.395. The molecule has 0 aliphatic heterocycles. The summed E-state index contributed by atoms with van der Waals surface area (Å²) in [6.07, 6.45) is 2.59. The van der Waals surface area contributed by atoms with Crippen molar-refractivity contribution in [3.8, 4) is 0 Å². The third-order valence-electron chi connectivity index (χ3n) is 3.24. The number of carbonyl (C=O) groups excluding carboxylic acids is 2. The maximum atomic E-state index is 11.7. The number of ether oxygens (including phenoxy) is 1. The highest BCUT2D eigenvalue weighted by Crippen LogP contribution is 2.32. The first-order valence-corrected chi connectivity index (χ1v) is 6.34. The number of hydrogen-bond donors (Lipinski definition) is 2. The van der Waals surface area contributed by atoms with Gasteiger partial charge in [-0.1, -0.05) is 0 Å². The fourth-order valence-corrected chi connectivity index (χ4v) is 1.92. The monoisotopic (exact) mass is 262 g/mol. The average molecular weight is 262 g/mol. The van der Waals surface area contributed by atoms with Crippen LogP contribution >= 0.6 is 0 Å². The molecule has 5 heteroatoms. The van der Waals surface area contributed by atoms with Crippen LogP contribution < -0.4 is 11.1 Å². The van der Waals surface area contributed by atoms with E-state index < -0.39 is 5.97 Å². The molecule has 1 amide bonds. The Balaban J connectivity index is 1.88. The van der Waals surface area contributed by atoms with E-state index in [1.807, 2.05) is 0 Å². The second-order valence-electron chi connectivity index (χ2n) is 4.82. The molecule has 1 aromatic rings. The van der Waals surface area contributed by atoms with Gasteiger partial charge in [0.2, 0.25) is 5.91 Å². The van der Waals surface area contributed by atoms with Crippen LogP contribution in [0.3, 0.4) is 0 Å². The zero-order valence-electron chi connectivity index (χ0n) is 10.9. The first-order valence-electron chi connectivity index (χ1n) is 6.34. The van der Waals surface area contributed by atoms with Gasteiger partial charge in [-0.3, -0.25) is 4.79 Å². The molecule has 2 rings (SSSR count). The standard InChI is InChI=1S/C14H18N2O3/c1-19-14(18)10-4-6-11(7-5-10)16-13(17)8-12(15)9-2-3-9/h4-7,9,12H,2-3,8,15H2,1H3,(H,16,17). The van der Waals surface area contributed by atoms with Gasteiger partial charge in [-0.2, -0.15) is 0 Å². The van der Waals surface area contributed by atoms with Crippen molar-refractivity contribution in [3.63, 3.8) is 0 Å². The molecule has 3 N–H and O–H groups in total. The van der Waals surface area contributed by atoms with Gasteiger partial charge < -0.3 is 15.8 Å². The number of rotatable bonds is 5. The maximum Gasteiger partial charge on any atom is 0.337 e. The molecule has 1 aromatic carbocycles. The second kappa shape index (κ2) is 5.84. The number of esters is 1. The molecule has 0 spiro atoms. The lowest BCUT2D eigenvalue weighted by atomic mass is 10.1. The summed E-state index contributed by atoms with van der Waals surface area (Å²) >= 11 is 0. The van der Waals surface area contributed by atoms with E-state index in [0.717, 1.165) is 12.8 Å². The highest BCUT2D eigenvalue weighted by atomic mass is 16.5. The van der Waals surface area contributed by atoms with Crippen LogP contribution in [0.25, 0.3) is 0 Å². The van der Waals surface area contributed by atoms with Crippen LogP contribution in [0, 0.1) is 5.92 Å². The molecule has 0 heterocycles. The van der Waals surface area contributed by atoms with Crippen molar-refractivity contribution in [2.75, 3.05) is 12.4 Å². The van der Waals surface area contributed by atoms with Crippen molar-refractivity contribution in [3.05, 3.63) is 29.8 Å². The van der Waals surface area contributed by atoms with Crippen molar-refractivity contribution < 1.29 is 14.3 Å². The van der Waals surface area contributed by atoms with Gasteiger partial charge in [0.1, 0.15) is 0 Å². The van der Waals surface area contributed by atoms with Crippen molar-refractivity contribution in [2.24, 2.45) is 11.7 Å². The molecule has 102 valence electrons. The topological polar surface area (TPSA) is 81.4 Å². The van der Waals surface area contributed by atoms with Crippen LogP contribution in [-0.4, -0.2) is 25.0 Å². The normalized spacial score (nSPS) is 15.7. The van der Waals surface area contributed by atoms with E-state index in [2.05, 4.69) is 10.1 Å². The molecular weight excluding hydrogens is 244 g/mol. The van der Waals surface area contributed by atoms with Gasteiger partial charge in [-0.15, -0.1) is 0 Å². The smallest absolute Gasteiger partial charge is 0.337 e. The van der Waals surface area contributed by atoms with Gasteiger partial charge in [-0.25, -0.2) is 4.79 Å². The summed E-state index contributed by atoms with van der Waals surface area (Å²) in [5.41, 5.74) is 7.00. The molecule has 1 atom stereocenters. The van der Waals surface area contributed by atoms with E-state index in [0.29, 0.717) is 23.6 Å². The molecule has 1 aliphatic rings. The Morgan fingerprint density at radius 2 is 2.00 bits per heavy atom.